The van der Waals surface area contributed by atoms with E-state index in [9.17, 15) is 0 Å². The zero-order valence-corrected chi connectivity index (χ0v) is 12.9. The Kier molecular flexibility index (Phi) is 8.53. The van der Waals surface area contributed by atoms with Gasteiger partial charge in [-0.25, -0.2) is 0 Å². The molecule has 17 heavy (non-hydrogen) atoms. The van der Waals surface area contributed by atoms with Crippen LogP contribution in [0, 0.1) is 0 Å². The predicted molar refractivity (Wildman–Crippen MR) is 78.3 cm³/mol. The van der Waals surface area contributed by atoms with Crippen molar-refractivity contribution in [2.24, 2.45) is 0 Å². The summed E-state index contributed by atoms with van der Waals surface area (Å²) in [5, 5.41) is 0. The summed E-state index contributed by atoms with van der Waals surface area (Å²) in [6, 6.07) is 1.20. The van der Waals surface area contributed by atoms with E-state index in [2.05, 4.69) is 70.5 Å². The van der Waals surface area contributed by atoms with Crippen LogP contribution in [0.1, 0.15) is 54.4 Å². The van der Waals surface area contributed by atoms with Gasteiger partial charge in [0.2, 0.25) is 0 Å². The summed E-state index contributed by atoms with van der Waals surface area (Å²) in [7, 11) is 2.23. The lowest BCUT2D eigenvalue weighted by Crippen LogP contribution is -2.52. The number of likely N-dealkylation sites (N-methyl/N-ethyl adjacent to an activating group) is 1. The molecule has 0 saturated carbocycles. The first-order valence-electron chi connectivity index (χ1n) is 7.09. The van der Waals surface area contributed by atoms with Crippen LogP contribution in [-0.4, -0.2) is 41.6 Å². The molecule has 0 aliphatic rings. The third kappa shape index (κ3) is 5.22. The van der Waals surface area contributed by atoms with E-state index in [1.165, 1.54) is 12.8 Å². The maximum atomic E-state index is 2.61. The monoisotopic (exact) mass is 240 g/mol. The van der Waals surface area contributed by atoms with E-state index >= 15 is 0 Å². The topological polar surface area (TPSA) is 6.48 Å². The van der Waals surface area contributed by atoms with Gasteiger partial charge in [0.1, 0.15) is 0 Å². The molecule has 0 fully saturated rings. The zero-order valence-electron chi connectivity index (χ0n) is 12.9. The average molecular weight is 240 g/mol. The Morgan fingerprint density at radius 1 is 1.12 bits per heavy atom. The molecular weight excluding hydrogens is 208 g/mol. The van der Waals surface area contributed by atoms with Gasteiger partial charge in [0.25, 0.3) is 0 Å². The predicted octanol–water partition coefficient (Wildman–Crippen LogP) is 3.74. The number of rotatable bonds is 8. The van der Waals surface area contributed by atoms with E-state index in [0.29, 0.717) is 18.2 Å². The Balaban J connectivity index is 4.95. The van der Waals surface area contributed by atoms with Crippen LogP contribution in [0.15, 0.2) is 12.2 Å². The highest BCUT2D eigenvalue weighted by Gasteiger charge is 2.25. The Bertz CT molecular complexity index is 211. The van der Waals surface area contributed by atoms with Gasteiger partial charge in [0, 0.05) is 12.1 Å². The van der Waals surface area contributed by atoms with Crippen LogP contribution in [0.2, 0.25) is 0 Å². The number of hydrogen-bond acceptors (Lipinski definition) is 2. The molecule has 2 unspecified atom stereocenters. The fourth-order valence-corrected chi connectivity index (χ4v) is 2.42. The third-order valence-corrected chi connectivity index (χ3v) is 3.39. The summed E-state index contributed by atoms with van der Waals surface area (Å²) in [5.41, 5.74) is 0. The lowest BCUT2D eigenvalue weighted by Gasteiger charge is -2.42. The highest BCUT2D eigenvalue weighted by molar-refractivity contribution is 4.94. The molecule has 2 atom stereocenters. The van der Waals surface area contributed by atoms with Crippen molar-refractivity contribution in [3.8, 4) is 0 Å². The van der Waals surface area contributed by atoms with Crippen LogP contribution >= 0.6 is 0 Å². The van der Waals surface area contributed by atoms with Gasteiger partial charge < -0.3 is 0 Å². The van der Waals surface area contributed by atoms with Crippen molar-refractivity contribution in [2.45, 2.75) is 72.6 Å². The van der Waals surface area contributed by atoms with Gasteiger partial charge in [-0.1, -0.05) is 26.0 Å². The van der Waals surface area contributed by atoms with Gasteiger partial charge >= 0.3 is 0 Å². The maximum absolute atomic E-state index is 2.61. The van der Waals surface area contributed by atoms with Crippen molar-refractivity contribution >= 4 is 0 Å². The fraction of sp³-hybridized carbons (Fsp3) is 0.867. The quantitative estimate of drug-likeness (QED) is 0.471. The molecule has 0 N–H and O–H groups in total. The largest absolute Gasteiger partial charge is 0.288 e. The van der Waals surface area contributed by atoms with E-state index in [1.807, 2.05) is 0 Å². The smallest absolute Gasteiger partial charge is 0.0816 e. The van der Waals surface area contributed by atoms with E-state index in [-0.39, 0.29) is 0 Å². The Morgan fingerprint density at radius 3 is 2.06 bits per heavy atom. The molecule has 0 radical (unpaired) electrons. The van der Waals surface area contributed by atoms with Gasteiger partial charge in [0.05, 0.1) is 6.17 Å². The zero-order chi connectivity index (χ0) is 13.4. The third-order valence-electron chi connectivity index (χ3n) is 3.39. The molecule has 102 valence electrons. The number of allylic oxidation sites excluding steroid dienone is 1. The highest BCUT2D eigenvalue weighted by Crippen LogP contribution is 2.17. The van der Waals surface area contributed by atoms with Crippen molar-refractivity contribution in [3.05, 3.63) is 12.2 Å². The second-order valence-corrected chi connectivity index (χ2v) is 5.22. The Hall–Kier alpha value is -0.340. The minimum absolute atomic E-state index is 0.426. The molecule has 2 nitrogen and oxygen atoms in total. The first kappa shape index (κ1) is 16.7. The van der Waals surface area contributed by atoms with Crippen LogP contribution < -0.4 is 0 Å². The number of hydrogen-bond donors (Lipinski definition) is 0. The molecule has 0 bridgehead atoms. The normalized spacial score (nSPS) is 16.4. The van der Waals surface area contributed by atoms with Crippen molar-refractivity contribution in [1.29, 1.82) is 0 Å². The van der Waals surface area contributed by atoms with Crippen molar-refractivity contribution < 1.29 is 0 Å². The van der Waals surface area contributed by atoms with Crippen LogP contribution in [-0.2, 0) is 0 Å². The average Bonchev–Trinajstić information content (AvgIpc) is 2.27. The molecule has 0 aromatic carbocycles. The van der Waals surface area contributed by atoms with Gasteiger partial charge in [-0.05, 0) is 54.1 Å². The summed E-state index contributed by atoms with van der Waals surface area (Å²) in [4.78, 5) is 5.06. The van der Waals surface area contributed by atoms with E-state index in [0.717, 1.165) is 6.54 Å². The minimum atomic E-state index is 0.426. The summed E-state index contributed by atoms with van der Waals surface area (Å²) in [5.74, 6) is 0. The molecule has 0 aromatic heterocycles. The van der Waals surface area contributed by atoms with E-state index in [1.54, 1.807) is 0 Å². The van der Waals surface area contributed by atoms with Crippen LogP contribution in [0.5, 0.6) is 0 Å². The van der Waals surface area contributed by atoms with E-state index < -0.39 is 0 Å². The second kappa shape index (κ2) is 8.71. The van der Waals surface area contributed by atoms with Crippen LogP contribution in [0.4, 0.5) is 0 Å². The van der Waals surface area contributed by atoms with Crippen LogP contribution in [0.25, 0.3) is 0 Å². The van der Waals surface area contributed by atoms with Gasteiger partial charge in [-0.3, -0.25) is 9.80 Å². The van der Waals surface area contributed by atoms with Crippen molar-refractivity contribution in [3.63, 3.8) is 0 Å². The molecule has 0 aliphatic heterocycles. The van der Waals surface area contributed by atoms with Crippen molar-refractivity contribution in [2.75, 3.05) is 13.6 Å². The first-order valence-corrected chi connectivity index (χ1v) is 7.09. The van der Waals surface area contributed by atoms with Gasteiger partial charge in [0.15, 0.2) is 0 Å². The summed E-state index contributed by atoms with van der Waals surface area (Å²) < 4.78 is 0. The fourth-order valence-electron chi connectivity index (χ4n) is 2.42. The second-order valence-electron chi connectivity index (χ2n) is 5.22. The molecule has 0 saturated heterocycles. The maximum Gasteiger partial charge on any atom is 0.0816 e. The summed E-state index contributed by atoms with van der Waals surface area (Å²) in [6.07, 6.45) is 7.33. The molecule has 2 heteroatoms. The molecule has 0 aromatic rings. The SMILES string of the molecule is C/C=C\C(N(C)CCC)N(C(C)C)C(C)CC. The number of nitrogens with zero attached hydrogens (tertiary/aromatic N) is 2. The molecule has 0 heterocycles. The lowest BCUT2D eigenvalue weighted by atomic mass is 10.1. The lowest BCUT2D eigenvalue weighted by molar-refractivity contribution is 0.0352. The highest BCUT2D eigenvalue weighted by atomic mass is 15.4. The van der Waals surface area contributed by atoms with Crippen molar-refractivity contribution in [1.82, 2.24) is 9.80 Å². The Morgan fingerprint density at radius 2 is 1.71 bits per heavy atom. The van der Waals surface area contributed by atoms with E-state index in [4.69, 9.17) is 0 Å². The summed E-state index contributed by atoms with van der Waals surface area (Å²) >= 11 is 0. The first-order chi connectivity index (χ1) is 7.99. The Labute approximate surface area is 109 Å². The van der Waals surface area contributed by atoms with Gasteiger partial charge in [-0.2, -0.15) is 0 Å². The van der Waals surface area contributed by atoms with Crippen LogP contribution in [0.3, 0.4) is 0 Å². The van der Waals surface area contributed by atoms with Gasteiger partial charge in [-0.15, -0.1) is 0 Å². The molecule has 0 rings (SSSR count). The minimum Gasteiger partial charge on any atom is -0.288 e. The molecule has 0 aliphatic carbocycles. The molecule has 0 spiro atoms. The molecular formula is C15H32N2. The summed E-state index contributed by atoms with van der Waals surface area (Å²) in [6.45, 7) is 14.7. The standard InChI is InChI=1S/C15H32N2/c1-8-11-15(16(7)12-9-2)17(13(4)5)14(6)10-3/h8,11,13-15H,9-10,12H2,1-7H3/b11-8-. The molecule has 0 amide bonds.